The fourth-order valence-corrected chi connectivity index (χ4v) is 19.4. The summed E-state index contributed by atoms with van der Waals surface area (Å²) in [4.78, 5) is 5.08. The Morgan fingerprint density at radius 2 is 0.645 bits per heavy atom. The average molecular weight is 1000 g/mol. The van der Waals surface area contributed by atoms with E-state index in [1.54, 1.807) is 0 Å². The number of hydrogen-bond acceptors (Lipinski definition) is 2. The van der Waals surface area contributed by atoms with Crippen LogP contribution in [0.3, 0.4) is 0 Å². The predicted molar refractivity (Wildman–Crippen MR) is 333 cm³/mol. The lowest BCUT2D eigenvalue weighted by Gasteiger charge is -2.41. The molecular weight excluding hydrogens is 949 g/mol. The molecule has 0 radical (unpaired) electrons. The SMILES string of the molecule is C[Si]1(C)c2ccccc2N(c2ccc3c(-c4ccc5ccccc5c4)c4cc(N5c6ccccc6[Si](C)(C)c6ccccc65)ccc4c(-c4ccc(-c5cc6ccccc6c6ccccc56)cc4)c3c2)c2ccccc21. The van der Waals surface area contributed by atoms with Crippen molar-refractivity contribution in [2.75, 3.05) is 9.80 Å². The molecule has 0 aliphatic carbocycles. The molecule has 2 heterocycles. The summed E-state index contributed by atoms with van der Waals surface area (Å²) >= 11 is 0. The maximum atomic E-state index is 2.54. The second-order valence-corrected chi connectivity index (χ2v) is 30.7. The predicted octanol–water partition coefficient (Wildman–Crippen LogP) is 17.7. The van der Waals surface area contributed by atoms with Gasteiger partial charge in [0.2, 0.25) is 0 Å². The minimum absolute atomic E-state index is 1.16. The third-order valence-corrected chi connectivity index (χ3v) is 24.2. The van der Waals surface area contributed by atoms with E-state index in [9.17, 15) is 0 Å². The van der Waals surface area contributed by atoms with E-state index < -0.39 is 16.1 Å². The summed E-state index contributed by atoms with van der Waals surface area (Å²) in [5.41, 5.74) is 14.8. The zero-order valence-electron chi connectivity index (χ0n) is 43.1. The maximum Gasteiger partial charge on any atom is 0.117 e. The summed E-state index contributed by atoms with van der Waals surface area (Å²) in [6.45, 7) is 10.0. The molecule has 0 saturated carbocycles. The molecule has 0 spiro atoms. The van der Waals surface area contributed by atoms with Gasteiger partial charge < -0.3 is 9.80 Å². The quantitative estimate of drug-likeness (QED) is 0.0963. The molecule has 0 unspecified atom stereocenters. The van der Waals surface area contributed by atoms with Crippen LogP contribution in [0.15, 0.2) is 255 Å². The van der Waals surface area contributed by atoms with E-state index in [2.05, 4.69) is 291 Å². The van der Waals surface area contributed by atoms with Crippen molar-refractivity contribution in [3.8, 4) is 33.4 Å². The van der Waals surface area contributed by atoms with Gasteiger partial charge in [0.1, 0.15) is 16.1 Å². The van der Waals surface area contributed by atoms with Gasteiger partial charge in [-0.05, 0) is 169 Å². The Balaban J connectivity index is 1.03. The van der Waals surface area contributed by atoms with Gasteiger partial charge in [-0.3, -0.25) is 0 Å². The molecule has 15 rings (SSSR count). The number of anilines is 6. The van der Waals surface area contributed by atoms with E-state index in [-0.39, 0.29) is 0 Å². The van der Waals surface area contributed by atoms with Crippen molar-refractivity contribution in [3.05, 3.63) is 255 Å². The lowest BCUT2D eigenvalue weighted by atomic mass is 9.84. The fourth-order valence-electron chi connectivity index (χ4n) is 13.5. The van der Waals surface area contributed by atoms with Crippen LogP contribution in [-0.2, 0) is 0 Å². The highest BCUT2D eigenvalue weighted by Gasteiger charge is 2.40. The average Bonchev–Trinajstić information content (AvgIpc) is 3.48. The van der Waals surface area contributed by atoms with Crippen molar-refractivity contribution in [1.29, 1.82) is 0 Å². The van der Waals surface area contributed by atoms with Gasteiger partial charge in [0.05, 0.1) is 0 Å². The van der Waals surface area contributed by atoms with Crippen LogP contribution in [0.25, 0.3) is 87.2 Å². The maximum absolute atomic E-state index is 2.54. The summed E-state index contributed by atoms with van der Waals surface area (Å²) in [6.07, 6.45) is 0. The van der Waals surface area contributed by atoms with Crippen molar-refractivity contribution >= 4 is 125 Å². The molecule has 0 amide bonds. The number of fused-ring (bicyclic) bond motifs is 10. The van der Waals surface area contributed by atoms with Crippen LogP contribution in [0.4, 0.5) is 34.1 Å². The lowest BCUT2D eigenvalue weighted by Crippen LogP contribution is -2.58. The van der Waals surface area contributed by atoms with Crippen LogP contribution < -0.4 is 30.5 Å². The van der Waals surface area contributed by atoms with Gasteiger partial charge >= 0.3 is 0 Å². The summed E-state index contributed by atoms with van der Waals surface area (Å²) in [5, 5.41) is 18.3. The number of nitrogens with zero attached hydrogens (tertiary/aromatic N) is 2. The van der Waals surface area contributed by atoms with Gasteiger partial charge in [-0.2, -0.15) is 0 Å². The Bertz CT molecular complexity index is 4450. The Kier molecular flexibility index (Phi) is 9.90. The smallest absolute Gasteiger partial charge is 0.117 e. The van der Waals surface area contributed by atoms with Crippen molar-refractivity contribution in [1.82, 2.24) is 0 Å². The first-order valence-electron chi connectivity index (χ1n) is 26.7. The van der Waals surface area contributed by atoms with E-state index in [4.69, 9.17) is 0 Å². The first kappa shape index (κ1) is 44.7. The van der Waals surface area contributed by atoms with Gasteiger partial charge in [0, 0.05) is 34.1 Å². The van der Waals surface area contributed by atoms with E-state index in [1.165, 1.54) is 131 Å². The Labute approximate surface area is 446 Å². The fraction of sp³-hybridized carbons (Fsp3) is 0.0556. The first-order valence-corrected chi connectivity index (χ1v) is 32.7. The van der Waals surface area contributed by atoms with Gasteiger partial charge in [-0.1, -0.05) is 220 Å². The zero-order valence-corrected chi connectivity index (χ0v) is 45.1. The van der Waals surface area contributed by atoms with Crippen molar-refractivity contribution in [2.24, 2.45) is 0 Å². The monoisotopic (exact) mass is 1000 g/mol. The molecule has 2 nitrogen and oxygen atoms in total. The zero-order chi connectivity index (χ0) is 50.9. The highest BCUT2D eigenvalue weighted by atomic mass is 28.3. The van der Waals surface area contributed by atoms with E-state index in [0.29, 0.717) is 0 Å². The van der Waals surface area contributed by atoms with Gasteiger partial charge in [0.25, 0.3) is 0 Å². The number of rotatable bonds is 5. The number of hydrogen-bond donors (Lipinski definition) is 0. The summed E-state index contributed by atoms with van der Waals surface area (Å²) in [7, 11) is -4.03. The summed E-state index contributed by atoms with van der Waals surface area (Å²) in [6, 6.07) is 96.6. The third kappa shape index (κ3) is 6.64. The van der Waals surface area contributed by atoms with Crippen LogP contribution in [-0.4, -0.2) is 16.1 Å². The normalized spacial score (nSPS) is 14.2. The van der Waals surface area contributed by atoms with Crippen LogP contribution >= 0.6 is 0 Å². The minimum Gasteiger partial charge on any atom is -0.311 e. The highest BCUT2D eigenvalue weighted by Crippen LogP contribution is 2.50. The third-order valence-electron chi connectivity index (χ3n) is 17.2. The molecule has 0 saturated heterocycles. The van der Waals surface area contributed by atoms with Crippen LogP contribution in [0.5, 0.6) is 0 Å². The standard InChI is InChI=1S/C72H54N2Si2/c1-75(2)67-29-15-11-25-63(67)73(64-26-12-16-30-68(64)75)53-40-42-59-61(45-53)71(49-36-34-48(35-37-49)60-44-51-21-7-8-22-55(51)56-23-9-10-24-57(56)60)58-41-39-54(46-62(58)72(59)52-38-33-47-19-5-6-20-50(47)43-52)74-65-27-13-17-31-69(65)76(3,4)70-32-18-14-28-66(70)74/h5-46H,1-4H3. The number of benzene rings is 13. The molecule has 0 aromatic heterocycles. The molecule has 0 atom stereocenters. The Morgan fingerprint density at radius 1 is 0.250 bits per heavy atom. The molecule has 76 heavy (non-hydrogen) atoms. The second-order valence-electron chi connectivity index (χ2n) is 22.0. The van der Waals surface area contributed by atoms with Gasteiger partial charge in [-0.25, -0.2) is 0 Å². The van der Waals surface area contributed by atoms with E-state index >= 15 is 0 Å². The molecule has 0 N–H and O–H groups in total. The van der Waals surface area contributed by atoms with Gasteiger partial charge in [-0.15, -0.1) is 0 Å². The van der Waals surface area contributed by atoms with E-state index in [1.807, 2.05) is 0 Å². The first-order chi connectivity index (χ1) is 37.2. The number of para-hydroxylation sites is 4. The molecule has 0 fully saturated rings. The molecular formula is C72H54N2Si2. The minimum atomic E-state index is -2.02. The molecule has 4 heteroatoms. The second kappa shape index (κ2) is 16.9. The topological polar surface area (TPSA) is 6.48 Å². The Hall–Kier alpha value is -8.81. The molecule has 2 aliphatic heterocycles. The van der Waals surface area contributed by atoms with Gasteiger partial charge in [0.15, 0.2) is 0 Å². The molecule has 13 aromatic carbocycles. The molecule has 13 aromatic rings. The summed E-state index contributed by atoms with van der Waals surface area (Å²) < 4.78 is 0. The molecule has 360 valence electrons. The van der Waals surface area contributed by atoms with Crippen LogP contribution in [0, 0.1) is 0 Å². The molecule has 2 aliphatic rings. The van der Waals surface area contributed by atoms with Crippen molar-refractivity contribution < 1.29 is 0 Å². The van der Waals surface area contributed by atoms with Crippen LogP contribution in [0.2, 0.25) is 26.2 Å². The van der Waals surface area contributed by atoms with Crippen molar-refractivity contribution in [2.45, 2.75) is 26.2 Å². The highest BCUT2D eigenvalue weighted by molar-refractivity contribution is 7.03. The largest absolute Gasteiger partial charge is 0.311 e. The van der Waals surface area contributed by atoms with E-state index in [0.717, 1.165) is 11.4 Å². The van der Waals surface area contributed by atoms with Crippen molar-refractivity contribution in [3.63, 3.8) is 0 Å². The lowest BCUT2D eigenvalue weighted by molar-refractivity contribution is 1.29. The van der Waals surface area contributed by atoms with Crippen LogP contribution in [0.1, 0.15) is 0 Å². The molecule has 0 bridgehead atoms. The summed E-state index contributed by atoms with van der Waals surface area (Å²) in [5.74, 6) is 0. The Morgan fingerprint density at radius 3 is 1.17 bits per heavy atom.